The number of aryl methyl sites for hydroxylation is 1. The predicted molar refractivity (Wildman–Crippen MR) is 152 cm³/mol. The third-order valence-corrected chi connectivity index (χ3v) is 5.67. The number of hydrogen-bond acceptors (Lipinski definition) is 3. The smallest absolute Gasteiger partial charge is 0.0574 e. The molecule has 0 radical (unpaired) electrons. The number of rotatable bonds is 13. The standard InChI is InChI=1S/C31H49N3/c1-10-13-16-28(15-11-2)23-32-30(25(4)5)18-14-17-27-19-21-29(22-20-27)24-34(12-3)26(6)33-31(7,8)9/h10-11,13,15-16,19-23,26,33H,12,14,17-18,24H2,1-9H3/b13-10+,15-11-,28-16+,32-23?. The first kappa shape index (κ1) is 29.8. The van der Waals surface area contributed by atoms with Gasteiger partial charge in [0, 0.05) is 24.0 Å². The third-order valence-electron chi connectivity index (χ3n) is 5.67. The van der Waals surface area contributed by atoms with Gasteiger partial charge in [-0.2, -0.15) is 0 Å². The summed E-state index contributed by atoms with van der Waals surface area (Å²) in [6.45, 7) is 21.5. The van der Waals surface area contributed by atoms with Gasteiger partial charge in [0.2, 0.25) is 0 Å². The Bertz CT molecular complexity index is 857. The molecule has 0 aliphatic carbocycles. The van der Waals surface area contributed by atoms with E-state index in [0.717, 1.165) is 37.9 Å². The number of hydrogen-bond donors (Lipinski definition) is 1. The Morgan fingerprint density at radius 2 is 1.71 bits per heavy atom. The summed E-state index contributed by atoms with van der Waals surface area (Å²) in [5, 5.41) is 3.68. The van der Waals surface area contributed by atoms with E-state index in [1.165, 1.54) is 22.4 Å². The molecule has 0 aromatic heterocycles. The second-order valence-corrected chi connectivity index (χ2v) is 10.2. The number of aliphatic imine (C=N–C) groups is 1. The zero-order valence-electron chi connectivity index (χ0n) is 23.3. The number of allylic oxidation sites excluding steroid dienone is 8. The molecule has 1 aromatic rings. The summed E-state index contributed by atoms with van der Waals surface area (Å²) in [6.07, 6.45) is 15.8. The average Bonchev–Trinajstić information content (AvgIpc) is 2.77. The van der Waals surface area contributed by atoms with Crippen molar-refractivity contribution in [2.75, 3.05) is 6.54 Å². The lowest BCUT2D eigenvalue weighted by atomic mass is 10.0. The highest BCUT2D eigenvalue weighted by Crippen LogP contribution is 2.17. The molecule has 1 aromatic carbocycles. The molecule has 0 saturated heterocycles. The second-order valence-electron chi connectivity index (χ2n) is 10.2. The summed E-state index contributed by atoms with van der Waals surface area (Å²) in [6, 6.07) is 9.16. The molecule has 3 nitrogen and oxygen atoms in total. The third kappa shape index (κ3) is 12.3. The Hall–Kier alpha value is -2.23. The van der Waals surface area contributed by atoms with Crippen LogP contribution >= 0.6 is 0 Å². The van der Waals surface area contributed by atoms with Crippen molar-refractivity contribution in [3.8, 4) is 0 Å². The molecule has 0 bridgehead atoms. The summed E-state index contributed by atoms with van der Waals surface area (Å²) in [4.78, 5) is 7.29. The van der Waals surface area contributed by atoms with E-state index in [9.17, 15) is 0 Å². The van der Waals surface area contributed by atoms with E-state index < -0.39 is 0 Å². The van der Waals surface area contributed by atoms with Crippen LogP contribution in [0.4, 0.5) is 0 Å². The quantitative estimate of drug-likeness (QED) is 0.182. The van der Waals surface area contributed by atoms with E-state index in [-0.39, 0.29) is 5.54 Å². The maximum Gasteiger partial charge on any atom is 0.0574 e. The lowest BCUT2D eigenvalue weighted by molar-refractivity contribution is 0.149. The molecule has 1 N–H and O–H groups in total. The van der Waals surface area contributed by atoms with Crippen molar-refractivity contribution in [2.24, 2.45) is 4.99 Å². The van der Waals surface area contributed by atoms with Gasteiger partial charge in [0.15, 0.2) is 0 Å². The molecule has 1 rings (SSSR count). The topological polar surface area (TPSA) is 27.6 Å². The van der Waals surface area contributed by atoms with Gasteiger partial charge < -0.3 is 0 Å². The molecule has 0 aliphatic rings. The molecular formula is C31H49N3. The van der Waals surface area contributed by atoms with Gasteiger partial charge in [-0.05, 0) is 97.9 Å². The predicted octanol–water partition coefficient (Wildman–Crippen LogP) is 8.01. The lowest BCUT2D eigenvalue weighted by Crippen LogP contribution is -2.50. The van der Waals surface area contributed by atoms with Crippen LogP contribution in [0.3, 0.4) is 0 Å². The van der Waals surface area contributed by atoms with E-state index in [1.807, 2.05) is 26.1 Å². The number of benzene rings is 1. The second kappa shape index (κ2) is 15.6. The first-order valence-corrected chi connectivity index (χ1v) is 12.8. The molecule has 0 heterocycles. The molecule has 1 atom stereocenters. The maximum absolute atomic E-state index is 4.81. The van der Waals surface area contributed by atoms with Crippen molar-refractivity contribution in [3.05, 3.63) is 82.6 Å². The van der Waals surface area contributed by atoms with Crippen LogP contribution in [0.15, 0.2) is 76.5 Å². The Labute approximate surface area is 210 Å². The van der Waals surface area contributed by atoms with Gasteiger partial charge in [-0.1, -0.05) is 67.1 Å². The SMILES string of the molecule is C\C=C/C(C=NC(CCCc1ccc(CN(CC)C(C)NC(C)(C)C)cc1)=C(C)C)=C\C=C\C. The lowest BCUT2D eigenvalue weighted by Gasteiger charge is -2.34. The van der Waals surface area contributed by atoms with E-state index in [4.69, 9.17) is 4.99 Å². The largest absolute Gasteiger partial charge is 0.297 e. The minimum atomic E-state index is 0.113. The van der Waals surface area contributed by atoms with Crippen LogP contribution in [-0.2, 0) is 13.0 Å². The number of nitrogens with zero attached hydrogens (tertiary/aromatic N) is 2. The van der Waals surface area contributed by atoms with Crippen molar-refractivity contribution < 1.29 is 0 Å². The van der Waals surface area contributed by atoms with E-state index in [2.05, 4.69) is 107 Å². The fourth-order valence-corrected chi connectivity index (χ4v) is 3.88. The maximum atomic E-state index is 4.81. The minimum Gasteiger partial charge on any atom is -0.297 e. The average molecular weight is 464 g/mol. The molecule has 0 spiro atoms. The van der Waals surface area contributed by atoms with Gasteiger partial charge in [0.1, 0.15) is 0 Å². The van der Waals surface area contributed by atoms with Crippen molar-refractivity contribution in [3.63, 3.8) is 0 Å². The Balaban J connectivity index is 2.69. The van der Waals surface area contributed by atoms with Crippen molar-refractivity contribution in [1.82, 2.24) is 10.2 Å². The van der Waals surface area contributed by atoms with Gasteiger partial charge in [-0.25, -0.2) is 0 Å². The van der Waals surface area contributed by atoms with Crippen LogP contribution in [-0.4, -0.2) is 29.4 Å². The van der Waals surface area contributed by atoms with Crippen LogP contribution in [0, 0.1) is 0 Å². The van der Waals surface area contributed by atoms with Gasteiger partial charge in [-0.3, -0.25) is 15.2 Å². The van der Waals surface area contributed by atoms with Gasteiger partial charge in [-0.15, -0.1) is 0 Å². The Morgan fingerprint density at radius 1 is 1.06 bits per heavy atom. The summed E-state index contributed by atoms with van der Waals surface area (Å²) < 4.78 is 0. The highest BCUT2D eigenvalue weighted by Gasteiger charge is 2.18. The molecular weight excluding hydrogens is 414 g/mol. The van der Waals surface area contributed by atoms with E-state index in [1.54, 1.807) is 0 Å². The fraction of sp³-hybridized carbons (Fsp3) is 0.516. The highest BCUT2D eigenvalue weighted by molar-refractivity contribution is 5.83. The van der Waals surface area contributed by atoms with Gasteiger partial charge >= 0.3 is 0 Å². The normalized spacial score (nSPS) is 14.1. The summed E-state index contributed by atoms with van der Waals surface area (Å²) in [5.74, 6) is 0. The number of nitrogens with one attached hydrogen (secondary N) is 1. The van der Waals surface area contributed by atoms with Crippen molar-refractivity contribution in [1.29, 1.82) is 0 Å². The zero-order valence-corrected chi connectivity index (χ0v) is 23.3. The minimum absolute atomic E-state index is 0.113. The van der Waals surface area contributed by atoms with Crippen LogP contribution < -0.4 is 5.32 Å². The molecule has 0 aliphatic heterocycles. The first-order valence-electron chi connectivity index (χ1n) is 12.8. The molecule has 0 saturated carbocycles. The van der Waals surface area contributed by atoms with Gasteiger partial charge in [0.05, 0.1) is 6.17 Å². The highest BCUT2D eigenvalue weighted by atomic mass is 15.3. The van der Waals surface area contributed by atoms with E-state index in [0.29, 0.717) is 6.17 Å². The van der Waals surface area contributed by atoms with Crippen molar-refractivity contribution in [2.45, 2.75) is 99.8 Å². The van der Waals surface area contributed by atoms with Crippen LogP contribution in [0.25, 0.3) is 0 Å². The summed E-state index contributed by atoms with van der Waals surface area (Å²) in [5.41, 5.74) is 6.46. The van der Waals surface area contributed by atoms with E-state index >= 15 is 0 Å². The van der Waals surface area contributed by atoms with Crippen LogP contribution in [0.2, 0.25) is 0 Å². The van der Waals surface area contributed by atoms with Crippen LogP contribution in [0.5, 0.6) is 0 Å². The molecule has 188 valence electrons. The molecule has 0 fully saturated rings. The molecule has 0 amide bonds. The first-order chi connectivity index (χ1) is 16.1. The Kier molecular flexibility index (Phi) is 13.7. The fourth-order valence-electron chi connectivity index (χ4n) is 3.88. The summed E-state index contributed by atoms with van der Waals surface area (Å²) in [7, 11) is 0. The van der Waals surface area contributed by atoms with Crippen LogP contribution in [0.1, 0.15) is 86.3 Å². The summed E-state index contributed by atoms with van der Waals surface area (Å²) >= 11 is 0. The van der Waals surface area contributed by atoms with Gasteiger partial charge in [0.25, 0.3) is 0 Å². The Morgan fingerprint density at radius 3 is 2.24 bits per heavy atom. The molecule has 34 heavy (non-hydrogen) atoms. The van der Waals surface area contributed by atoms with Crippen molar-refractivity contribution >= 4 is 6.21 Å². The molecule has 1 unspecified atom stereocenters. The monoisotopic (exact) mass is 463 g/mol. The zero-order chi connectivity index (χ0) is 25.6. The molecule has 3 heteroatoms.